The van der Waals surface area contributed by atoms with Crippen LogP contribution in [0.25, 0.3) is 0 Å². The maximum absolute atomic E-state index is 4.14. The molecule has 1 rings (SSSR count). The fraction of sp³-hybridized carbons (Fsp3) is 0.846. The van der Waals surface area contributed by atoms with Crippen molar-refractivity contribution in [2.45, 2.75) is 67.2 Å². The third kappa shape index (κ3) is 5.89. The Morgan fingerprint density at radius 1 is 0.938 bits per heavy atom. The van der Waals surface area contributed by atoms with Crippen LogP contribution in [-0.2, 0) is 19.9 Å². The molecular formula is C13H29N3. The molecular weight excluding hydrogens is 198 g/mol. The van der Waals surface area contributed by atoms with Crippen LogP contribution in [0.1, 0.15) is 65.8 Å². The minimum atomic E-state index is 1.06. The van der Waals surface area contributed by atoms with Crippen molar-refractivity contribution in [2.75, 3.05) is 0 Å². The highest BCUT2D eigenvalue weighted by Crippen LogP contribution is 2.08. The lowest BCUT2D eigenvalue weighted by Crippen LogP contribution is -2.00. The van der Waals surface area contributed by atoms with Gasteiger partial charge in [0.25, 0.3) is 0 Å². The van der Waals surface area contributed by atoms with Gasteiger partial charge >= 0.3 is 0 Å². The van der Waals surface area contributed by atoms with Gasteiger partial charge in [0.2, 0.25) is 0 Å². The van der Waals surface area contributed by atoms with E-state index in [0.29, 0.717) is 0 Å². The van der Waals surface area contributed by atoms with Crippen LogP contribution in [0.2, 0.25) is 0 Å². The molecule has 3 nitrogen and oxygen atoms in total. The molecule has 16 heavy (non-hydrogen) atoms. The van der Waals surface area contributed by atoms with Gasteiger partial charge in [0.05, 0.1) is 11.4 Å². The summed E-state index contributed by atoms with van der Waals surface area (Å²) >= 11 is 0. The van der Waals surface area contributed by atoms with Crippen molar-refractivity contribution in [1.82, 2.24) is 15.0 Å². The van der Waals surface area contributed by atoms with Crippen LogP contribution < -0.4 is 0 Å². The van der Waals surface area contributed by atoms with Crippen molar-refractivity contribution in [3.63, 3.8) is 0 Å². The Hall–Kier alpha value is -0.860. The van der Waals surface area contributed by atoms with Gasteiger partial charge in [0, 0.05) is 7.05 Å². The third-order valence-corrected chi connectivity index (χ3v) is 2.00. The summed E-state index contributed by atoms with van der Waals surface area (Å²) in [4.78, 5) is 0. The molecule has 0 bridgehead atoms. The molecule has 1 heterocycles. The Bertz CT molecular complexity index is 241. The number of nitrogens with zero attached hydrogens (tertiary/aromatic N) is 3. The number of aryl methyl sites for hydroxylation is 2. The molecule has 0 N–H and O–H groups in total. The molecule has 96 valence electrons. The summed E-state index contributed by atoms with van der Waals surface area (Å²) in [5.41, 5.74) is 2.49. The second-order valence-electron chi connectivity index (χ2n) is 3.11. The van der Waals surface area contributed by atoms with E-state index >= 15 is 0 Å². The van der Waals surface area contributed by atoms with Crippen LogP contribution in [-0.4, -0.2) is 15.0 Å². The highest BCUT2D eigenvalue weighted by molar-refractivity contribution is 5.09. The predicted octanol–water partition coefficient (Wildman–Crippen LogP) is 3.77. The maximum atomic E-state index is 4.14. The summed E-state index contributed by atoms with van der Waals surface area (Å²) in [6.07, 6.45) is 4.47. The van der Waals surface area contributed by atoms with Crippen LogP contribution in [0.5, 0.6) is 0 Å². The van der Waals surface area contributed by atoms with Crippen molar-refractivity contribution in [1.29, 1.82) is 0 Å². The summed E-state index contributed by atoms with van der Waals surface area (Å²) in [7, 11) is 1.97. The zero-order valence-electron chi connectivity index (χ0n) is 12.2. The van der Waals surface area contributed by atoms with Crippen LogP contribution in [0.15, 0.2) is 0 Å². The number of rotatable bonds is 4. The summed E-state index contributed by atoms with van der Waals surface area (Å²) in [6, 6.07) is 0. The van der Waals surface area contributed by atoms with E-state index in [1.165, 1.54) is 11.4 Å². The molecule has 0 atom stereocenters. The molecule has 0 saturated carbocycles. The zero-order valence-corrected chi connectivity index (χ0v) is 12.2. The largest absolute Gasteiger partial charge is 0.252 e. The van der Waals surface area contributed by atoms with E-state index in [4.69, 9.17) is 0 Å². The molecule has 3 heteroatoms. The number of aromatic nitrogens is 3. The maximum Gasteiger partial charge on any atom is 0.0858 e. The van der Waals surface area contributed by atoms with E-state index in [1.54, 1.807) is 0 Å². The van der Waals surface area contributed by atoms with E-state index in [9.17, 15) is 0 Å². The molecule has 0 unspecified atom stereocenters. The van der Waals surface area contributed by atoms with Gasteiger partial charge in [-0.05, 0) is 12.8 Å². The molecule has 0 saturated heterocycles. The molecule has 0 aliphatic heterocycles. The fourth-order valence-corrected chi connectivity index (χ4v) is 1.39. The third-order valence-electron chi connectivity index (χ3n) is 2.00. The topological polar surface area (TPSA) is 30.7 Å². The molecule has 0 spiro atoms. The van der Waals surface area contributed by atoms with E-state index in [-0.39, 0.29) is 0 Å². The number of hydrogen-bond acceptors (Lipinski definition) is 2. The smallest absolute Gasteiger partial charge is 0.0858 e. The van der Waals surface area contributed by atoms with Gasteiger partial charge in [-0.15, -0.1) is 5.10 Å². The highest BCUT2D eigenvalue weighted by atomic mass is 15.4. The van der Waals surface area contributed by atoms with E-state index in [0.717, 1.165) is 25.7 Å². The minimum absolute atomic E-state index is 1.06. The van der Waals surface area contributed by atoms with Gasteiger partial charge in [-0.1, -0.05) is 59.6 Å². The van der Waals surface area contributed by atoms with Crippen molar-refractivity contribution in [2.24, 2.45) is 7.05 Å². The molecule has 0 aromatic carbocycles. The monoisotopic (exact) mass is 227 g/mol. The summed E-state index contributed by atoms with van der Waals surface area (Å²) < 4.78 is 1.90. The Balaban J connectivity index is 0. The first kappa shape index (κ1) is 17.5. The molecule has 1 aromatic heterocycles. The van der Waals surface area contributed by atoms with Crippen LogP contribution in [0, 0.1) is 0 Å². The van der Waals surface area contributed by atoms with E-state index in [2.05, 4.69) is 24.2 Å². The minimum Gasteiger partial charge on any atom is -0.252 e. The van der Waals surface area contributed by atoms with Crippen LogP contribution in [0.4, 0.5) is 0 Å². The lowest BCUT2D eigenvalue weighted by molar-refractivity contribution is 0.669. The lowest BCUT2D eigenvalue weighted by atomic mass is 10.1. The predicted molar refractivity (Wildman–Crippen MR) is 71.7 cm³/mol. The SMILES string of the molecule is CC.CC.CCCc1nnn(C)c1CCC. The fourth-order valence-electron chi connectivity index (χ4n) is 1.39. The van der Waals surface area contributed by atoms with Gasteiger partial charge in [0.1, 0.15) is 0 Å². The summed E-state index contributed by atoms with van der Waals surface area (Å²) in [5.74, 6) is 0. The van der Waals surface area contributed by atoms with Gasteiger partial charge < -0.3 is 0 Å². The second-order valence-corrected chi connectivity index (χ2v) is 3.11. The molecule has 0 amide bonds. The second kappa shape index (κ2) is 12.2. The summed E-state index contributed by atoms with van der Waals surface area (Å²) in [5, 5.41) is 8.16. The quantitative estimate of drug-likeness (QED) is 0.784. The normalized spacial score (nSPS) is 8.69. The molecule has 0 aliphatic carbocycles. The molecule has 0 aliphatic rings. The average Bonchev–Trinajstić information content (AvgIpc) is 2.68. The lowest BCUT2D eigenvalue weighted by Gasteiger charge is -2.00. The molecule has 0 fully saturated rings. The van der Waals surface area contributed by atoms with Gasteiger partial charge in [-0.25, -0.2) is 0 Å². The summed E-state index contributed by atoms with van der Waals surface area (Å²) in [6.45, 7) is 12.4. The zero-order chi connectivity index (χ0) is 13.0. The van der Waals surface area contributed by atoms with E-state index < -0.39 is 0 Å². The first-order chi connectivity index (χ1) is 7.79. The Kier molecular flexibility index (Phi) is 13.4. The number of hydrogen-bond donors (Lipinski definition) is 0. The van der Waals surface area contributed by atoms with Crippen molar-refractivity contribution >= 4 is 0 Å². The van der Waals surface area contributed by atoms with E-state index in [1.807, 2.05) is 39.4 Å². The van der Waals surface area contributed by atoms with Crippen molar-refractivity contribution in [3.8, 4) is 0 Å². The average molecular weight is 227 g/mol. The van der Waals surface area contributed by atoms with Gasteiger partial charge in [0.15, 0.2) is 0 Å². The van der Waals surface area contributed by atoms with Crippen molar-refractivity contribution in [3.05, 3.63) is 11.4 Å². The molecule has 1 aromatic rings. The highest BCUT2D eigenvalue weighted by Gasteiger charge is 2.07. The Morgan fingerprint density at radius 2 is 1.44 bits per heavy atom. The first-order valence-corrected chi connectivity index (χ1v) is 6.67. The van der Waals surface area contributed by atoms with Crippen LogP contribution >= 0.6 is 0 Å². The van der Waals surface area contributed by atoms with Gasteiger partial charge in [-0.3, -0.25) is 4.68 Å². The van der Waals surface area contributed by atoms with Gasteiger partial charge in [-0.2, -0.15) is 0 Å². The standard InChI is InChI=1S/C9H17N3.2C2H6/c1-4-6-8-9(7-5-2)12(3)11-10-8;2*1-2/h4-7H2,1-3H3;2*1-2H3. The van der Waals surface area contributed by atoms with Crippen LogP contribution in [0.3, 0.4) is 0 Å². The Labute approximate surface area is 101 Å². The van der Waals surface area contributed by atoms with Crippen molar-refractivity contribution < 1.29 is 0 Å². The first-order valence-electron chi connectivity index (χ1n) is 6.67. The Morgan fingerprint density at radius 3 is 1.88 bits per heavy atom. The molecule has 0 radical (unpaired) electrons.